The number of hydrogen-bond donors (Lipinski definition) is 1. The van der Waals surface area contributed by atoms with Crippen LogP contribution in [-0.2, 0) is 17.5 Å². The van der Waals surface area contributed by atoms with Crippen molar-refractivity contribution >= 4 is 11.9 Å². The molecule has 1 saturated heterocycles. The van der Waals surface area contributed by atoms with Crippen molar-refractivity contribution in [1.29, 1.82) is 0 Å². The normalized spacial score (nSPS) is 16.9. The molecule has 0 unspecified atom stereocenters. The van der Waals surface area contributed by atoms with Crippen LogP contribution in [0.2, 0.25) is 0 Å². The first-order valence-corrected chi connectivity index (χ1v) is 7.33. The maximum Gasteiger partial charge on any atom is 0.419 e. The minimum Gasteiger partial charge on any atom is -0.337 e. The van der Waals surface area contributed by atoms with Gasteiger partial charge in [-0.25, -0.2) is 9.18 Å². The number of halogens is 4. The van der Waals surface area contributed by atoms with E-state index in [2.05, 4.69) is 15.5 Å². The smallest absolute Gasteiger partial charge is 0.337 e. The molecule has 0 spiro atoms. The van der Waals surface area contributed by atoms with Crippen LogP contribution in [0.4, 0.5) is 22.4 Å². The second-order valence-corrected chi connectivity index (χ2v) is 6.11. The van der Waals surface area contributed by atoms with Crippen molar-refractivity contribution in [3.63, 3.8) is 0 Å². The summed E-state index contributed by atoms with van der Waals surface area (Å²) in [6, 6.07) is 1.65. The Balaban J connectivity index is 1.87. The van der Waals surface area contributed by atoms with E-state index in [1.54, 1.807) is 0 Å². The largest absolute Gasteiger partial charge is 0.419 e. The first-order valence-electron chi connectivity index (χ1n) is 7.33. The highest BCUT2D eigenvalue weighted by Crippen LogP contribution is 2.33. The van der Waals surface area contributed by atoms with Gasteiger partial charge in [0.2, 0.25) is 11.7 Å². The Kier molecular flexibility index (Phi) is 3.97. The summed E-state index contributed by atoms with van der Waals surface area (Å²) in [5.41, 5.74) is -2.70. The van der Waals surface area contributed by atoms with E-state index in [9.17, 15) is 27.2 Å². The van der Waals surface area contributed by atoms with Gasteiger partial charge in [-0.15, -0.1) is 0 Å². The molecule has 7 nitrogen and oxygen atoms in total. The van der Waals surface area contributed by atoms with Crippen LogP contribution in [0, 0.1) is 5.82 Å². The van der Waals surface area contributed by atoms with E-state index in [0.717, 1.165) is 11.0 Å². The van der Waals surface area contributed by atoms with Gasteiger partial charge >= 0.3 is 12.2 Å². The second kappa shape index (κ2) is 5.78. The van der Waals surface area contributed by atoms with Gasteiger partial charge in [-0.3, -0.25) is 10.1 Å². The van der Waals surface area contributed by atoms with Crippen molar-refractivity contribution < 1.29 is 31.7 Å². The molecule has 1 fully saturated rings. The third-order valence-corrected chi connectivity index (χ3v) is 3.99. The Hall–Kier alpha value is -2.98. The molecule has 2 heterocycles. The number of nitrogens with one attached hydrogen (secondary N) is 1. The summed E-state index contributed by atoms with van der Waals surface area (Å²) in [7, 11) is 0. The predicted octanol–water partition coefficient (Wildman–Crippen LogP) is 2.72. The van der Waals surface area contributed by atoms with Gasteiger partial charge in [0.15, 0.2) is 0 Å². The standard InChI is InChI=1S/C15H12F4N4O3/c1-14(2)12(24)21-13(25)23(14)6-10-20-11(22-26-10)7-3-4-9(16)8(5-7)15(17,18)19/h3-5H,6H2,1-2H3,(H,21,24,25). The maximum atomic E-state index is 13.4. The lowest BCUT2D eigenvalue weighted by molar-refractivity contribution is -0.140. The molecule has 0 atom stereocenters. The number of carbonyl (C=O) groups excluding carboxylic acids is 2. The van der Waals surface area contributed by atoms with Gasteiger partial charge < -0.3 is 9.42 Å². The van der Waals surface area contributed by atoms with Crippen LogP contribution in [0.25, 0.3) is 11.4 Å². The van der Waals surface area contributed by atoms with Crippen LogP contribution in [0.5, 0.6) is 0 Å². The van der Waals surface area contributed by atoms with Crippen molar-refractivity contribution in [2.24, 2.45) is 0 Å². The number of urea groups is 1. The SMILES string of the molecule is CC1(C)C(=O)NC(=O)N1Cc1nc(-c2ccc(F)c(C(F)(F)F)c2)no1. The van der Waals surface area contributed by atoms with Crippen molar-refractivity contribution in [2.75, 3.05) is 0 Å². The molecule has 1 aliphatic heterocycles. The fraction of sp³-hybridized carbons (Fsp3) is 0.333. The molecule has 138 valence electrons. The van der Waals surface area contributed by atoms with Gasteiger partial charge in [-0.1, -0.05) is 5.16 Å². The second-order valence-electron chi connectivity index (χ2n) is 6.11. The molecule has 3 rings (SSSR count). The van der Waals surface area contributed by atoms with Gasteiger partial charge in [-0.2, -0.15) is 18.2 Å². The van der Waals surface area contributed by atoms with E-state index in [4.69, 9.17) is 4.52 Å². The predicted molar refractivity (Wildman–Crippen MR) is 77.9 cm³/mol. The molecule has 26 heavy (non-hydrogen) atoms. The average Bonchev–Trinajstić information content (AvgIpc) is 3.06. The molecular formula is C15H12F4N4O3. The van der Waals surface area contributed by atoms with E-state index < -0.39 is 35.0 Å². The lowest BCUT2D eigenvalue weighted by atomic mass is 10.0. The van der Waals surface area contributed by atoms with Gasteiger partial charge in [0.1, 0.15) is 17.9 Å². The lowest BCUT2D eigenvalue weighted by Crippen LogP contribution is -2.43. The van der Waals surface area contributed by atoms with Crippen LogP contribution >= 0.6 is 0 Å². The van der Waals surface area contributed by atoms with E-state index in [1.165, 1.54) is 13.8 Å². The molecule has 1 aliphatic rings. The number of carbonyl (C=O) groups is 2. The Morgan fingerprint density at radius 3 is 2.54 bits per heavy atom. The highest BCUT2D eigenvalue weighted by Gasteiger charge is 2.46. The number of amides is 3. The van der Waals surface area contributed by atoms with E-state index in [1.807, 2.05) is 0 Å². The number of rotatable bonds is 3. The third-order valence-electron chi connectivity index (χ3n) is 3.99. The van der Waals surface area contributed by atoms with Gasteiger partial charge in [0, 0.05) is 5.56 Å². The van der Waals surface area contributed by atoms with E-state index in [0.29, 0.717) is 12.1 Å². The molecule has 11 heteroatoms. The highest BCUT2D eigenvalue weighted by molar-refractivity contribution is 6.06. The third kappa shape index (κ3) is 3.00. The van der Waals surface area contributed by atoms with Crippen LogP contribution in [0.3, 0.4) is 0 Å². The summed E-state index contributed by atoms with van der Waals surface area (Å²) in [4.78, 5) is 28.6. The van der Waals surface area contributed by atoms with Gasteiger partial charge in [0.25, 0.3) is 5.91 Å². The molecule has 0 aliphatic carbocycles. The molecule has 0 saturated carbocycles. The van der Waals surface area contributed by atoms with Crippen LogP contribution < -0.4 is 5.32 Å². The number of benzene rings is 1. The topological polar surface area (TPSA) is 88.3 Å². The summed E-state index contributed by atoms with van der Waals surface area (Å²) in [6.07, 6.45) is -4.87. The summed E-state index contributed by atoms with van der Waals surface area (Å²) in [5, 5.41) is 5.69. The summed E-state index contributed by atoms with van der Waals surface area (Å²) in [5.74, 6) is -2.21. The van der Waals surface area contributed by atoms with Crippen molar-refractivity contribution in [1.82, 2.24) is 20.4 Å². The summed E-state index contributed by atoms with van der Waals surface area (Å²) in [6.45, 7) is 2.81. The number of imide groups is 1. The summed E-state index contributed by atoms with van der Waals surface area (Å²) >= 11 is 0. The Morgan fingerprint density at radius 2 is 1.96 bits per heavy atom. The fourth-order valence-corrected chi connectivity index (χ4v) is 2.42. The van der Waals surface area contributed by atoms with Gasteiger partial charge in [0.05, 0.1) is 5.56 Å². The summed E-state index contributed by atoms with van der Waals surface area (Å²) < 4.78 is 56.7. The number of alkyl halides is 3. The lowest BCUT2D eigenvalue weighted by Gasteiger charge is -2.26. The zero-order valence-electron chi connectivity index (χ0n) is 13.5. The average molecular weight is 372 g/mol. The monoisotopic (exact) mass is 372 g/mol. The number of hydrogen-bond acceptors (Lipinski definition) is 5. The molecule has 1 N–H and O–H groups in total. The van der Waals surface area contributed by atoms with Crippen LogP contribution in [-0.4, -0.2) is 32.5 Å². The maximum absolute atomic E-state index is 13.4. The number of nitrogens with zero attached hydrogens (tertiary/aromatic N) is 3. The fourth-order valence-electron chi connectivity index (χ4n) is 2.42. The Bertz CT molecular complexity index is 891. The van der Waals surface area contributed by atoms with Gasteiger partial charge in [-0.05, 0) is 32.0 Å². The number of aromatic nitrogens is 2. The molecule has 2 aromatic rings. The first-order chi connectivity index (χ1) is 12.0. The zero-order valence-corrected chi connectivity index (χ0v) is 13.5. The highest BCUT2D eigenvalue weighted by atomic mass is 19.4. The minimum atomic E-state index is -4.87. The molecule has 1 aromatic heterocycles. The van der Waals surface area contributed by atoms with E-state index >= 15 is 0 Å². The zero-order chi connectivity index (χ0) is 19.3. The van der Waals surface area contributed by atoms with Crippen LogP contribution in [0.15, 0.2) is 22.7 Å². The molecule has 1 aromatic carbocycles. The van der Waals surface area contributed by atoms with Crippen molar-refractivity contribution in [3.8, 4) is 11.4 Å². The Morgan fingerprint density at radius 1 is 1.27 bits per heavy atom. The molecular weight excluding hydrogens is 360 g/mol. The first kappa shape index (κ1) is 17.8. The van der Waals surface area contributed by atoms with Crippen molar-refractivity contribution in [3.05, 3.63) is 35.5 Å². The minimum absolute atomic E-state index is 0.0872. The van der Waals surface area contributed by atoms with Crippen LogP contribution in [0.1, 0.15) is 25.3 Å². The molecule has 0 bridgehead atoms. The van der Waals surface area contributed by atoms with E-state index in [-0.39, 0.29) is 23.8 Å². The molecule has 3 amide bonds. The Labute approximate surface area is 144 Å². The van der Waals surface area contributed by atoms with Crippen molar-refractivity contribution in [2.45, 2.75) is 32.1 Å². The quantitative estimate of drug-likeness (QED) is 0.661. The molecule has 0 radical (unpaired) electrons.